The largest absolute Gasteiger partial charge is 0.444 e. The SMILES string of the molecule is C[C@@H](CNC(=O)OC(C)(C)C)S(=O)O. The van der Waals surface area contributed by atoms with Crippen molar-refractivity contribution in [3.8, 4) is 0 Å². The molecule has 0 saturated heterocycles. The normalized spacial score (nSPS) is 15.8. The number of amides is 1. The van der Waals surface area contributed by atoms with Crippen molar-refractivity contribution in [2.45, 2.75) is 38.5 Å². The summed E-state index contributed by atoms with van der Waals surface area (Å²) in [5, 5.41) is 1.91. The highest BCUT2D eigenvalue weighted by Gasteiger charge is 2.17. The smallest absolute Gasteiger partial charge is 0.407 e. The molecule has 1 amide bonds. The minimum atomic E-state index is -1.92. The fourth-order valence-corrected chi connectivity index (χ4v) is 0.838. The fraction of sp³-hybridized carbons (Fsp3) is 0.875. The molecule has 1 unspecified atom stereocenters. The van der Waals surface area contributed by atoms with Gasteiger partial charge in [-0.15, -0.1) is 0 Å². The second kappa shape index (κ2) is 5.31. The molecule has 0 spiro atoms. The molecular weight excluding hydrogens is 206 g/mol. The van der Waals surface area contributed by atoms with Gasteiger partial charge in [-0.05, 0) is 27.7 Å². The Hall–Kier alpha value is -0.620. The van der Waals surface area contributed by atoms with Gasteiger partial charge < -0.3 is 14.6 Å². The van der Waals surface area contributed by atoms with Crippen molar-refractivity contribution in [2.24, 2.45) is 0 Å². The predicted octanol–water partition coefficient (Wildman–Crippen LogP) is 1.12. The lowest BCUT2D eigenvalue weighted by atomic mass is 10.2. The van der Waals surface area contributed by atoms with Gasteiger partial charge >= 0.3 is 6.09 Å². The third-order valence-corrected chi connectivity index (χ3v) is 2.13. The molecule has 0 aromatic heterocycles. The van der Waals surface area contributed by atoms with Gasteiger partial charge in [0.2, 0.25) is 0 Å². The zero-order valence-corrected chi connectivity index (χ0v) is 9.68. The van der Waals surface area contributed by atoms with Gasteiger partial charge in [0.1, 0.15) is 5.60 Å². The molecule has 0 radical (unpaired) electrons. The summed E-state index contributed by atoms with van der Waals surface area (Å²) in [5.41, 5.74) is -0.550. The van der Waals surface area contributed by atoms with Crippen molar-refractivity contribution in [3.05, 3.63) is 0 Å². The molecule has 0 aliphatic heterocycles. The van der Waals surface area contributed by atoms with Crippen LogP contribution in [0.3, 0.4) is 0 Å². The number of hydrogen-bond acceptors (Lipinski definition) is 3. The van der Waals surface area contributed by atoms with Crippen LogP contribution in [-0.2, 0) is 15.8 Å². The second-order valence-corrected chi connectivity index (χ2v) is 5.33. The van der Waals surface area contributed by atoms with Gasteiger partial charge in [0.05, 0.1) is 5.25 Å². The van der Waals surface area contributed by atoms with Gasteiger partial charge in [-0.2, -0.15) is 0 Å². The molecule has 84 valence electrons. The Bertz CT molecular complexity index is 224. The highest BCUT2D eigenvalue weighted by molar-refractivity contribution is 7.79. The van der Waals surface area contributed by atoms with Crippen LogP contribution in [0.15, 0.2) is 0 Å². The van der Waals surface area contributed by atoms with Gasteiger partial charge in [0, 0.05) is 6.54 Å². The van der Waals surface area contributed by atoms with Crippen molar-refractivity contribution < 1.29 is 18.3 Å². The molecule has 0 rings (SSSR count). The molecule has 0 aromatic carbocycles. The molecule has 2 atom stereocenters. The summed E-state index contributed by atoms with van der Waals surface area (Å²) in [5.74, 6) is 0. The Kier molecular flexibility index (Phi) is 5.07. The highest BCUT2D eigenvalue weighted by atomic mass is 32.2. The summed E-state index contributed by atoms with van der Waals surface area (Å²) >= 11 is -1.92. The van der Waals surface area contributed by atoms with Crippen molar-refractivity contribution in [3.63, 3.8) is 0 Å². The van der Waals surface area contributed by atoms with E-state index in [2.05, 4.69) is 5.32 Å². The van der Waals surface area contributed by atoms with E-state index < -0.39 is 28.0 Å². The summed E-state index contributed by atoms with van der Waals surface area (Å²) in [7, 11) is 0. The summed E-state index contributed by atoms with van der Waals surface area (Å²) in [6, 6.07) is 0. The van der Waals surface area contributed by atoms with E-state index in [1.54, 1.807) is 27.7 Å². The Morgan fingerprint density at radius 1 is 1.57 bits per heavy atom. The van der Waals surface area contributed by atoms with Crippen LogP contribution in [0, 0.1) is 0 Å². The van der Waals surface area contributed by atoms with E-state index in [0.29, 0.717) is 0 Å². The first kappa shape index (κ1) is 13.4. The first-order valence-corrected chi connectivity index (χ1v) is 5.46. The maximum atomic E-state index is 11.1. The fourth-order valence-electron chi connectivity index (χ4n) is 0.613. The van der Waals surface area contributed by atoms with E-state index >= 15 is 0 Å². The predicted molar refractivity (Wildman–Crippen MR) is 54.5 cm³/mol. The van der Waals surface area contributed by atoms with Crippen molar-refractivity contribution in [1.29, 1.82) is 0 Å². The molecule has 14 heavy (non-hydrogen) atoms. The van der Waals surface area contributed by atoms with Crippen molar-refractivity contribution >= 4 is 17.2 Å². The standard InChI is InChI=1S/C8H17NO4S/c1-6(14(11)12)5-9-7(10)13-8(2,3)4/h6H,5H2,1-4H3,(H,9,10)(H,11,12)/t6-/m0/s1. The van der Waals surface area contributed by atoms with E-state index in [9.17, 15) is 9.00 Å². The Labute approximate surface area is 86.5 Å². The lowest BCUT2D eigenvalue weighted by Crippen LogP contribution is -2.37. The first-order chi connectivity index (χ1) is 6.22. The Balaban J connectivity index is 3.81. The molecule has 0 fully saturated rings. The van der Waals surface area contributed by atoms with Crippen LogP contribution in [0.5, 0.6) is 0 Å². The lowest BCUT2D eigenvalue weighted by molar-refractivity contribution is 0.0528. The van der Waals surface area contributed by atoms with Crippen LogP contribution in [0.1, 0.15) is 27.7 Å². The van der Waals surface area contributed by atoms with Crippen LogP contribution < -0.4 is 5.32 Å². The topological polar surface area (TPSA) is 75.6 Å². The van der Waals surface area contributed by atoms with E-state index in [1.165, 1.54) is 0 Å². The molecule has 0 aromatic rings. The van der Waals surface area contributed by atoms with Crippen molar-refractivity contribution in [1.82, 2.24) is 5.32 Å². The maximum absolute atomic E-state index is 11.1. The van der Waals surface area contributed by atoms with Crippen LogP contribution in [0.25, 0.3) is 0 Å². The molecule has 0 bridgehead atoms. The number of nitrogens with one attached hydrogen (secondary N) is 1. The summed E-state index contributed by atoms with van der Waals surface area (Å²) in [6.07, 6.45) is -0.574. The van der Waals surface area contributed by atoms with Gasteiger partial charge in [-0.25, -0.2) is 9.00 Å². The number of carbonyl (C=O) groups is 1. The molecule has 0 aliphatic carbocycles. The van der Waals surface area contributed by atoms with E-state index in [4.69, 9.17) is 9.29 Å². The van der Waals surface area contributed by atoms with Gasteiger partial charge in [-0.3, -0.25) is 0 Å². The third-order valence-electron chi connectivity index (χ3n) is 1.28. The summed E-state index contributed by atoms with van der Waals surface area (Å²) in [6.45, 7) is 6.94. The van der Waals surface area contributed by atoms with Crippen LogP contribution in [0.4, 0.5) is 4.79 Å². The average Bonchev–Trinajstić information content (AvgIpc) is 1.96. The zero-order valence-electron chi connectivity index (χ0n) is 8.86. The maximum Gasteiger partial charge on any atom is 0.407 e. The number of ether oxygens (including phenoxy) is 1. The second-order valence-electron chi connectivity index (χ2n) is 3.97. The number of carbonyl (C=O) groups excluding carboxylic acids is 1. The summed E-state index contributed by atoms with van der Waals surface area (Å²) < 4.78 is 24.1. The molecule has 0 saturated carbocycles. The molecule has 0 heterocycles. The molecular formula is C8H17NO4S. The zero-order chi connectivity index (χ0) is 11.4. The molecule has 6 heteroatoms. The van der Waals surface area contributed by atoms with E-state index in [0.717, 1.165) is 0 Å². The van der Waals surface area contributed by atoms with Gasteiger partial charge in [-0.1, -0.05) is 0 Å². The lowest BCUT2D eigenvalue weighted by Gasteiger charge is -2.20. The Morgan fingerprint density at radius 2 is 2.07 bits per heavy atom. The van der Waals surface area contributed by atoms with E-state index in [1.807, 2.05) is 0 Å². The third kappa shape index (κ3) is 6.85. The minimum absolute atomic E-state index is 0.123. The van der Waals surface area contributed by atoms with E-state index in [-0.39, 0.29) is 6.54 Å². The van der Waals surface area contributed by atoms with Crippen molar-refractivity contribution in [2.75, 3.05) is 6.54 Å². The molecule has 5 nitrogen and oxygen atoms in total. The number of rotatable bonds is 3. The van der Waals surface area contributed by atoms with Gasteiger partial charge in [0.25, 0.3) is 0 Å². The molecule has 2 N–H and O–H groups in total. The monoisotopic (exact) mass is 223 g/mol. The summed E-state index contributed by atoms with van der Waals surface area (Å²) in [4.78, 5) is 11.1. The van der Waals surface area contributed by atoms with Crippen LogP contribution >= 0.6 is 0 Å². The Morgan fingerprint density at radius 3 is 2.43 bits per heavy atom. The minimum Gasteiger partial charge on any atom is -0.444 e. The quantitative estimate of drug-likeness (QED) is 0.703. The number of alkyl carbamates (subject to hydrolysis) is 1. The molecule has 0 aliphatic rings. The van der Waals surface area contributed by atoms with Crippen LogP contribution in [0.2, 0.25) is 0 Å². The van der Waals surface area contributed by atoms with Gasteiger partial charge in [0.15, 0.2) is 11.1 Å². The highest BCUT2D eigenvalue weighted by Crippen LogP contribution is 2.06. The first-order valence-electron chi connectivity index (χ1n) is 4.29. The average molecular weight is 223 g/mol. The van der Waals surface area contributed by atoms with Crippen LogP contribution in [-0.4, -0.2) is 32.3 Å². The number of hydrogen-bond donors (Lipinski definition) is 2.